The van der Waals surface area contributed by atoms with E-state index in [1.165, 1.54) is 0 Å². The molecule has 4 rings (SSSR count). The molecule has 2 aliphatic rings. The highest BCUT2D eigenvalue weighted by atomic mass is 16.6. The van der Waals surface area contributed by atoms with Crippen molar-refractivity contribution in [1.82, 2.24) is 9.80 Å². The molecule has 40 heavy (non-hydrogen) atoms. The standard InChI is InChI=1S/C32H42N2O6/c1-5-11-22-20-33(30(37)40-32(2,3)4)19-17-28(22)34(18-10-16-29(35)36)31(38)39-21-27-25-14-8-6-12-23(25)24-13-7-9-15-26(24)27/h6-9,12-15,22,27-28H,5,10-11,16-21H2,1-4H3,(H,35,36). The number of carboxylic acids is 1. The highest BCUT2D eigenvalue weighted by Gasteiger charge is 2.39. The molecule has 2 aromatic carbocycles. The van der Waals surface area contributed by atoms with E-state index < -0.39 is 17.7 Å². The van der Waals surface area contributed by atoms with Crippen LogP contribution in [0.1, 0.15) is 76.8 Å². The van der Waals surface area contributed by atoms with E-state index in [1.807, 2.05) is 45.0 Å². The molecule has 1 heterocycles. The molecular formula is C32H42N2O6. The van der Waals surface area contributed by atoms with E-state index in [9.17, 15) is 19.5 Å². The average molecular weight is 551 g/mol. The lowest BCUT2D eigenvalue weighted by atomic mass is 9.87. The summed E-state index contributed by atoms with van der Waals surface area (Å²) in [4.78, 5) is 41.2. The molecule has 1 saturated heterocycles. The van der Waals surface area contributed by atoms with Crippen molar-refractivity contribution < 1.29 is 29.0 Å². The van der Waals surface area contributed by atoms with Gasteiger partial charge in [-0.2, -0.15) is 0 Å². The van der Waals surface area contributed by atoms with Gasteiger partial charge >= 0.3 is 18.2 Å². The maximum Gasteiger partial charge on any atom is 0.410 e. The van der Waals surface area contributed by atoms with Gasteiger partial charge in [-0.05, 0) is 68.2 Å². The van der Waals surface area contributed by atoms with Crippen LogP contribution in [0.25, 0.3) is 11.1 Å². The summed E-state index contributed by atoms with van der Waals surface area (Å²) in [5.41, 5.74) is 4.02. The van der Waals surface area contributed by atoms with Gasteiger partial charge in [-0.1, -0.05) is 61.9 Å². The first-order valence-corrected chi connectivity index (χ1v) is 14.4. The largest absolute Gasteiger partial charge is 0.481 e. The first kappa shape index (κ1) is 29.4. The highest BCUT2D eigenvalue weighted by molar-refractivity contribution is 5.79. The third-order valence-corrected chi connectivity index (χ3v) is 7.77. The number of piperidine rings is 1. The fourth-order valence-corrected chi connectivity index (χ4v) is 6.05. The lowest BCUT2D eigenvalue weighted by Gasteiger charge is -2.43. The molecule has 216 valence electrons. The van der Waals surface area contributed by atoms with E-state index in [1.54, 1.807) is 9.80 Å². The Bertz CT molecular complexity index is 1160. The summed E-state index contributed by atoms with van der Waals surface area (Å²) in [7, 11) is 0. The van der Waals surface area contributed by atoms with Crippen LogP contribution < -0.4 is 0 Å². The van der Waals surface area contributed by atoms with Gasteiger partial charge in [0.25, 0.3) is 0 Å². The molecule has 1 N–H and O–H groups in total. The van der Waals surface area contributed by atoms with Crippen LogP contribution in [-0.2, 0) is 14.3 Å². The van der Waals surface area contributed by atoms with Crippen LogP contribution in [0.4, 0.5) is 9.59 Å². The summed E-state index contributed by atoms with van der Waals surface area (Å²) in [6.45, 7) is 9.09. The number of nitrogens with zero attached hydrogens (tertiary/aromatic N) is 2. The number of carbonyl (C=O) groups is 3. The van der Waals surface area contributed by atoms with Crippen LogP contribution in [-0.4, -0.2) is 70.9 Å². The van der Waals surface area contributed by atoms with Crippen molar-refractivity contribution >= 4 is 18.2 Å². The van der Waals surface area contributed by atoms with Crippen LogP contribution in [0.5, 0.6) is 0 Å². The summed E-state index contributed by atoms with van der Waals surface area (Å²) in [6, 6.07) is 16.3. The lowest BCUT2D eigenvalue weighted by Crippen LogP contribution is -2.55. The molecule has 0 radical (unpaired) electrons. The van der Waals surface area contributed by atoms with Crippen LogP contribution in [0.3, 0.4) is 0 Å². The van der Waals surface area contributed by atoms with E-state index >= 15 is 0 Å². The SMILES string of the molecule is CCCC1CN(C(=O)OC(C)(C)C)CCC1N(CCCC(=O)O)C(=O)OCC1c2ccccc2-c2ccccc21. The third kappa shape index (κ3) is 6.95. The second-order valence-corrected chi connectivity index (χ2v) is 11.8. The Morgan fingerprint density at radius 1 is 1.02 bits per heavy atom. The zero-order valence-corrected chi connectivity index (χ0v) is 24.1. The van der Waals surface area contributed by atoms with Crippen LogP contribution >= 0.6 is 0 Å². The first-order valence-electron chi connectivity index (χ1n) is 14.4. The maximum absolute atomic E-state index is 13.7. The number of carbonyl (C=O) groups excluding carboxylic acids is 2. The number of carboxylic acid groups (broad SMARTS) is 1. The van der Waals surface area contributed by atoms with Crippen molar-refractivity contribution in [3.05, 3.63) is 59.7 Å². The minimum atomic E-state index is -0.891. The Morgan fingerprint density at radius 2 is 1.65 bits per heavy atom. The van der Waals surface area contributed by atoms with Crippen molar-refractivity contribution in [3.63, 3.8) is 0 Å². The van der Waals surface area contributed by atoms with Crippen LogP contribution in [0.2, 0.25) is 0 Å². The van der Waals surface area contributed by atoms with Gasteiger partial charge in [0, 0.05) is 38.0 Å². The molecule has 2 amide bonds. The highest BCUT2D eigenvalue weighted by Crippen LogP contribution is 2.44. The predicted octanol–water partition coefficient (Wildman–Crippen LogP) is 6.53. The summed E-state index contributed by atoms with van der Waals surface area (Å²) < 4.78 is 11.6. The van der Waals surface area contributed by atoms with E-state index in [-0.39, 0.29) is 37.0 Å². The minimum absolute atomic E-state index is 0.0254. The van der Waals surface area contributed by atoms with Gasteiger partial charge in [-0.15, -0.1) is 0 Å². The number of ether oxygens (including phenoxy) is 2. The number of likely N-dealkylation sites (tertiary alicyclic amines) is 1. The number of amides is 2. The number of benzene rings is 2. The van der Waals surface area contributed by atoms with Gasteiger partial charge in [0.1, 0.15) is 12.2 Å². The monoisotopic (exact) mass is 550 g/mol. The summed E-state index contributed by atoms with van der Waals surface area (Å²) in [6.07, 6.45) is 1.86. The molecule has 8 heteroatoms. The van der Waals surface area contributed by atoms with Gasteiger partial charge in [0.2, 0.25) is 0 Å². The zero-order chi connectivity index (χ0) is 28.9. The molecule has 2 atom stereocenters. The molecule has 1 fully saturated rings. The Labute approximate surface area is 237 Å². The smallest absolute Gasteiger partial charge is 0.410 e. The Morgan fingerprint density at radius 3 is 2.23 bits per heavy atom. The quantitative estimate of drug-likeness (QED) is 0.381. The van der Waals surface area contributed by atoms with Crippen LogP contribution in [0, 0.1) is 5.92 Å². The summed E-state index contributed by atoms with van der Waals surface area (Å²) in [5.74, 6) is -0.911. The minimum Gasteiger partial charge on any atom is -0.481 e. The molecule has 0 spiro atoms. The molecule has 0 saturated carbocycles. The van der Waals surface area contributed by atoms with Gasteiger partial charge in [0.15, 0.2) is 0 Å². The molecule has 1 aliphatic heterocycles. The number of rotatable bonds is 9. The molecule has 8 nitrogen and oxygen atoms in total. The first-order chi connectivity index (χ1) is 19.1. The van der Waals surface area contributed by atoms with Gasteiger partial charge in [0.05, 0.1) is 0 Å². The number of aliphatic carboxylic acids is 1. The molecule has 0 bridgehead atoms. The Balaban J connectivity index is 1.50. The van der Waals surface area contributed by atoms with Gasteiger partial charge < -0.3 is 24.4 Å². The maximum atomic E-state index is 13.7. The number of hydrogen-bond acceptors (Lipinski definition) is 5. The van der Waals surface area contributed by atoms with Gasteiger partial charge in [-0.25, -0.2) is 9.59 Å². The topological polar surface area (TPSA) is 96.4 Å². The second-order valence-electron chi connectivity index (χ2n) is 11.8. The van der Waals surface area contributed by atoms with Crippen molar-refractivity contribution in [3.8, 4) is 11.1 Å². The van der Waals surface area contributed by atoms with Crippen molar-refractivity contribution in [2.75, 3.05) is 26.2 Å². The normalized spacial score (nSPS) is 18.6. The van der Waals surface area contributed by atoms with Crippen molar-refractivity contribution in [1.29, 1.82) is 0 Å². The molecule has 2 aromatic rings. The predicted molar refractivity (Wildman–Crippen MR) is 153 cm³/mol. The average Bonchev–Trinajstić information content (AvgIpc) is 3.23. The zero-order valence-electron chi connectivity index (χ0n) is 24.1. The number of hydrogen-bond donors (Lipinski definition) is 1. The fourth-order valence-electron chi connectivity index (χ4n) is 6.05. The molecule has 2 unspecified atom stereocenters. The van der Waals surface area contributed by atoms with E-state index in [4.69, 9.17) is 9.47 Å². The molecule has 0 aromatic heterocycles. The molecule has 1 aliphatic carbocycles. The van der Waals surface area contributed by atoms with Gasteiger partial charge in [-0.3, -0.25) is 4.79 Å². The van der Waals surface area contributed by atoms with Crippen molar-refractivity contribution in [2.45, 2.75) is 77.4 Å². The van der Waals surface area contributed by atoms with E-state index in [0.717, 1.165) is 35.1 Å². The Kier molecular flexibility index (Phi) is 9.38. The lowest BCUT2D eigenvalue weighted by molar-refractivity contribution is -0.137. The summed E-state index contributed by atoms with van der Waals surface area (Å²) >= 11 is 0. The van der Waals surface area contributed by atoms with E-state index in [2.05, 4.69) is 31.2 Å². The van der Waals surface area contributed by atoms with E-state index in [0.29, 0.717) is 32.5 Å². The molecular weight excluding hydrogens is 508 g/mol. The van der Waals surface area contributed by atoms with Crippen molar-refractivity contribution in [2.24, 2.45) is 5.92 Å². The number of fused-ring (bicyclic) bond motifs is 3. The second kappa shape index (κ2) is 12.7. The summed E-state index contributed by atoms with van der Waals surface area (Å²) in [5, 5.41) is 9.24. The third-order valence-electron chi connectivity index (χ3n) is 7.77. The Hall–Kier alpha value is -3.55. The fraction of sp³-hybridized carbons (Fsp3) is 0.531. The van der Waals surface area contributed by atoms with Crippen LogP contribution in [0.15, 0.2) is 48.5 Å².